The van der Waals surface area contributed by atoms with Gasteiger partial charge in [0.1, 0.15) is 45.9 Å². The first-order valence-electron chi connectivity index (χ1n) is 9.74. The minimum Gasteiger partial charge on any atom is -0.491 e. The Balaban J connectivity index is 1.75. The largest absolute Gasteiger partial charge is 0.491 e. The van der Waals surface area contributed by atoms with Gasteiger partial charge in [-0.3, -0.25) is 9.36 Å². The van der Waals surface area contributed by atoms with Crippen LogP contribution in [0.1, 0.15) is 4.88 Å². The summed E-state index contributed by atoms with van der Waals surface area (Å²) in [6.45, 7) is -0.510. The number of ether oxygens (including phenoxy) is 1. The molecule has 0 unspecified atom stereocenters. The molecule has 33 heavy (non-hydrogen) atoms. The lowest BCUT2D eigenvalue weighted by Crippen LogP contribution is -2.21. The van der Waals surface area contributed by atoms with Crippen LogP contribution >= 0.6 is 11.3 Å². The summed E-state index contributed by atoms with van der Waals surface area (Å²) < 4.78 is 34.2. The lowest BCUT2D eigenvalue weighted by atomic mass is 10.2. The highest BCUT2D eigenvalue weighted by Crippen LogP contribution is 2.38. The number of rotatable bonds is 7. The number of hydrogen-bond acceptors (Lipinski definition) is 7. The van der Waals surface area contributed by atoms with Crippen LogP contribution in [0, 0.1) is 23.0 Å². The number of thiophene rings is 1. The number of fused-ring (bicyclic) bond motifs is 1. The highest BCUT2D eigenvalue weighted by Gasteiger charge is 2.18. The van der Waals surface area contributed by atoms with Crippen molar-refractivity contribution in [2.75, 3.05) is 18.5 Å². The molecule has 2 aromatic heterocycles. The van der Waals surface area contributed by atoms with Gasteiger partial charge in [-0.15, -0.1) is 11.3 Å². The van der Waals surface area contributed by atoms with Crippen molar-refractivity contribution in [1.82, 2.24) is 4.57 Å². The molecule has 0 aliphatic carbocycles. The SMILES string of the molecule is N#Cc1sc2c(ccc(=O)n2-c2ccc(OC[C@@H](O)CO)cc2)c1Nc1ccc(F)cc1F. The first-order valence-corrected chi connectivity index (χ1v) is 10.6. The normalized spacial score (nSPS) is 11.8. The van der Waals surface area contributed by atoms with Crippen molar-refractivity contribution < 1.29 is 23.7 Å². The second kappa shape index (κ2) is 9.38. The molecular formula is C23H17F2N3O4S. The van der Waals surface area contributed by atoms with Gasteiger partial charge in [0.15, 0.2) is 0 Å². The van der Waals surface area contributed by atoms with Crippen LogP contribution in [0.2, 0.25) is 0 Å². The molecule has 0 radical (unpaired) electrons. The molecule has 0 fully saturated rings. The summed E-state index contributed by atoms with van der Waals surface area (Å²) in [6.07, 6.45) is -1.01. The van der Waals surface area contributed by atoms with Crippen molar-refractivity contribution in [3.8, 4) is 17.5 Å². The van der Waals surface area contributed by atoms with E-state index in [1.165, 1.54) is 16.7 Å². The third kappa shape index (κ3) is 4.56. The Hall–Kier alpha value is -3.78. The molecule has 4 aromatic rings. The number of hydrogen-bond donors (Lipinski definition) is 3. The maximum atomic E-state index is 14.2. The topological polar surface area (TPSA) is 108 Å². The van der Waals surface area contributed by atoms with Crippen LogP contribution in [0.4, 0.5) is 20.2 Å². The zero-order valence-corrected chi connectivity index (χ0v) is 17.8. The van der Waals surface area contributed by atoms with Gasteiger partial charge in [-0.1, -0.05) is 0 Å². The molecule has 0 amide bonds. The second-order valence-corrected chi connectivity index (χ2v) is 8.03. The van der Waals surface area contributed by atoms with Crippen LogP contribution < -0.4 is 15.6 Å². The predicted molar refractivity (Wildman–Crippen MR) is 120 cm³/mol. The van der Waals surface area contributed by atoms with Gasteiger partial charge in [-0.05, 0) is 42.5 Å². The summed E-state index contributed by atoms with van der Waals surface area (Å²) in [5.74, 6) is -1.10. The monoisotopic (exact) mass is 469 g/mol. The molecule has 0 aliphatic rings. The van der Waals surface area contributed by atoms with Gasteiger partial charge >= 0.3 is 0 Å². The van der Waals surface area contributed by atoms with Gasteiger partial charge in [0.25, 0.3) is 5.56 Å². The van der Waals surface area contributed by atoms with Crippen molar-refractivity contribution in [3.05, 3.63) is 81.5 Å². The fourth-order valence-electron chi connectivity index (χ4n) is 3.19. The van der Waals surface area contributed by atoms with Crippen molar-refractivity contribution in [2.45, 2.75) is 6.10 Å². The van der Waals surface area contributed by atoms with Gasteiger partial charge in [0.05, 0.1) is 23.7 Å². The van der Waals surface area contributed by atoms with Crippen molar-refractivity contribution in [1.29, 1.82) is 5.26 Å². The zero-order chi connectivity index (χ0) is 23.5. The average molecular weight is 469 g/mol. The number of halogens is 2. The smallest absolute Gasteiger partial charge is 0.256 e. The van der Waals surface area contributed by atoms with Crippen molar-refractivity contribution >= 4 is 32.9 Å². The third-order valence-electron chi connectivity index (χ3n) is 4.78. The Morgan fingerprint density at radius 3 is 2.58 bits per heavy atom. The van der Waals surface area contributed by atoms with Crippen LogP contribution in [0.3, 0.4) is 0 Å². The lowest BCUT2D eigenvalue weighted by molar-refractivity contribution is 0.0536. The van der Waals surface area contributed by atoms with Crippen molar-refractivity contribution in [2.24, 2.45) is 0 Å². The van der Waals surface area contributed by atoms with E-state index in [0.29, 0.717) is 27.3 Å². The number of aromatic nitrogens is 1. The Morgan fingerprint density at radius 2 is 1.91 bits per heavy atom. The summed E-state index contributed by atoms with van der Waals surface area (Å²) in [6, 6.07) is 14.5. The molecule has 2 heterocycles. The first-order chi connectivity index (χ1) is 15.9. The Labute approximate surface area is 190 Å². The van der Waals surface area contributed by atoms with Crippen LogP contribution in [0.15, 0.2) is 59.4 Å². The second-order valence-electron chi connectivity index (χ2n) is 7.03. The van der Waals surface area contributed by atoms with Crippen LogP contribution in [-0.2, 0) is 0 Å². The van der Waals surface area contributed by atoms with Crippen LogP contribution in [0.5, 0.6) is 5.75 Å². The van der Waals surface area contributed by atoms with Crippen molar-refractivity contribution in [3.63, 3.8) is 0 Å². The molecule has 0 aliphatic heterocycles. The number of nitrogens with one attached hydrogen (secondary N) is 1. The summed E-state index contributed by atoms with van der Waals surface area (Å²) in [5.41, 5.74) is 0.481. The lowest BCUT2D eigenvalue weighted by Gasteiger charge is -2.12. The number of aliphatic hydroxyl groups excluding tert-OH is 2. The number of pyridine rings is 1. The molecular weight excluding hydrogens is 452 g/mol. The quantitative estimate of drug-likeness (QED) is 0.381. The number of benzene rings is 2. The van der Waals surface area contributed by atoms with Gasteiger partial charge in [0, 0.05) is 17.5 Å². The molecule has 10 heteroatoms. The zero-order valence-electron chi connectivity index (χ0n) is 17.0. The Kier molecular flexibility index (Phi) is 6.37. The number of nitrogens with zero attached hydrogens (tertiary/aromatic N) is 2. The molecule has 1 atom stereocenters. The minimum absolute atomic E-state index is 0.00285. The molecule has 0 bridgehead atoms. The predicted octanol–water partition coefficient (Wildman–Crippen LogP) is 3.68. The van der Waals surface area contributed by atoms with E-state index in [9.17, 15) is 23.9 Å². The summed E-state index contributed by atoms with van der Waals surface area (Å²) in [5, 5.41) is 31.3. The van der Waals surface area contributed by atoms with E-state index in [1.807, 2.05) is 0 Å². The maximum Gasteiger partial charge on any atom is 0.256 e. The Morgan fingerprint density at radius 1 is 1.15 bits per heavy atom. The summed E-state index contributed by atoms with van der Waals surface area (Å²) >= 11 is 1.06. The molecule has 0 saturated heterocycles. The number of nitriles is 1. The third-order valence-corrected chi connectivity index (χ3v) is 5.88. The highest BCUT2D eigenvalue weighted by molar-refractivity contribution is 7.20. The van der Waals surface area contributed by atoms with Gasteiger partial charge in [0.2, 0.25) is 0 Å². The van der Waals surface area contributed by atoms with Gasteiger partial charge in [-0.25, -0.2) is 8.78 Å². The van der Waals surface area contributed by atoms with E-state index < -0.39 is 24.3 Å². The molecule has 7 nitrogen and oxygen atoms in total. The molecule has 168 valence electrons. The molecule has 3 N–H and O–H groups in total. The van der Waals surface area contributed by atoms with E-state index in [-0.39, 0.29) is 22.7 Å². The minimum atomic E-state index is -1.01. The standard InChI is InChI=1S/C23H17F2N3O4S/c24-13-1-7-19(18(25)9-13)27-22-17-6-8-21(31)28(23(17)33-20(22)10-26)14-2-4-16(5-3-14)32-12-15(30)11-29/h1-9,15,27,29-30H,11-12H2/t15-/m0/s1. The highest BCUT2D eigenvalue weighted by atomic mass is 32.1. The number of aliphatic hydroxyl groups is 2. The first kappa shape index (κ1) is 22.4. The van der Waals surface area contributed by atoms with E-state index in [0.717, 1.165) is 23.5 Å². The molecule has 4 rings (SSSR count). The van der Waals surface area contributed by atoms with Gasteiger partial charge < -0.3 is 20.3 Å². The van der Waals surface area contributed by atoms with E-state index in [2.05, 4.69) is 11.4 Å². The number of anilines is 2. The average Bonchev–Trinajstić information content (AvgIpc) is 3.17. The molecule has 0 saturated carbocycles. The van der Waals surface area contributed by atoms with Crippen LogP contribution in [-0.4, -0.2) is 34.1 Å². The van der Waals surface area contributed by atoms with Gasteiger partial charge in [-0.2, -0.15) is 5.26 Å². The molecule has 2 aromatic carbocycles. The fraction of sp³-hybridized carbons (Fsp3) is 0.130. The fourth-order valence-corrected chi connectivity index (χ4v) is 4.26. The van der Waals surface area contributed by atoms with E-state index in [4.69, 9.17) is 9.84 Å². The maximum absolute atomic E-state index is 14.2. The van der Waals surface area contributed by atoms with E-state index in [1.54, 1.807) is 30.3 Å². The summed E-state index contributed by atoms with van der Waals surface area (Å²) in [4.78, 5) is 13.4. The van der Waals surface area contributed by atoms with E-state index >= 15 is 0 Å². The Bertz CT molecular complexity index is 1410. The van der Waals surface area contributed by atoms with Crippen LogP contribution in [0.25, 0.3) is 15.9 Å². The summed E-state index contributed by atoms with van der Waals surface area (Å²) in [7, 11) is 0. The molecule has 0 spiro atoms.